The van der Waals surface area contributed by atoms with Gasteiger partial charge in [-0.2, -0.15) is 5.10 Å². The number of aromatic nitrogens is 2. The summed E-state index contributed by atoms with van der Waals surface area (Å²) in [5, 5.41) is 13.8. The van der Waals surface area contributed by atoms with E-state index in [-0.39, 0.29) is 11.3 Å². The Balaban J connectivity index is 2.58. The van der Waals surface area contributed by atoms with Crippen molar-refractivity contribution in [3.8, 4) is 5.69 Å². The van der Waals surface area contributed by atoms with Gasteiger partial charge in [0.1, 0.15) is 5.56 Å². The number of benzene rings is 1. The summed E-state index contributed by atoms with van der Waals surface area (Å²) in [6.45, 7) is 5.30. The highest BCUT2D eigenvalue weighted by Gasteiger charge is 2.21. The van der Waals surface area contributed by atoms with E-state index in [1.165, 1.54) is 6.92 Å². The Bertz CT molecular complexity index is 684. The summed E-state index contributed by atoms with van der Waals surface area (Å²) in [5.41, 5.74) is 2.93. The van der Waals surface area contributed by atoms with Gasteiger partial charge in [0.2, 0.25) is 0 Å². The van der Waals surface area contributed by atoms with Crippen LogP contribution in [0.2, 0.25) is 0 Å². The highest BCUT2D eigenvalue weighted by atomic mass is 16.4. The average Bonchev–Trinajstić information content (AvgIpc) is 2.86. The van der Waals surface area contributed by atoms with Gasteiger partial charge in [0, 0.05) is 5.56 Å². The minimum absolute atomic E-state index is 0.00166. The molecule has 0 saturated heterocycles. The lowest BCUT2D eigenvalue weighted by Crippen LogP contribution is -2.06. The molecule has 110 valence electrons. The van der Waals surface area contributed by atoms with Crippen molar-refractivity contribution in [2.45, 2.75) is 33.6 Å². The molecule has 1 N–H and O–H groups in total. The first-order valence-corrected chi connectivity index (χ1v) is 6.95. The third kappa shape index (κ3) is 2.72. The fraction of sp³-hybridized carbons (Fsp3) is 0.312. The fourth-order valence-electron chi connectivity index (χ4n) is 2.38. The van der Waals surface area contributed by atoms with Crippen molar-refractivity contribution < 1.29 is 14.7 Å². The van der Waals surface area contributed by atoms with E-state index in [1.807, 2.05) is 13.8 Å². The van der Waals surface area contributed by atoms with E-state index in [0.717, 1.165) is 5.69 Å². The smallest absolute Gasteiger partial charge is 0.339 e. The third-order valence-corrected chi connectivity index (χ3v) is 3.46. The fourth-order valence-corrected chi connectivity index (χ4v) is 2.38. The van der Waals surface area contributed by atoms with E-state index in [1.54, 1.807) is 28.9 Å². The van der Waals surface area contributed by atoms with Crippen LogP contribution in [0, 0.1) is 0 Å². The molecule has 0 spiro atoms. The number of hydrogen-bond acceptors (Lipinski definition) is 3. The zero-order chi connectivity index (χ0) is 15.6. The number of rotatable bonds is 5. The van der Waals surface area contributed by atoms with Gasteiger partial charge in [0.05, 0.1) is 17.1 Å². The van der Waals surface area contributed by atoms with Gasteiger partial charge in [-0.05, 0) is 44.0 Å². The van der Waals surface area contributed by atoms with E-state index < -0.39 is 5.97 Å². The molecule has 2 aromatic rings. The molecule has 2 rings (SSSR count). The van der Waals surface area contributed by atoms with Crippen molar-refractivity contribution in [2.75, 3.05) is 0 Å². The molecule has 5 nitrogen and oxygen atoms in total. The monoisotopic (exact) mass is 286 g/mol. The van der Waals surface area contributed by atoms with E-state index in [9.17, 15) is 14.7 Å². The Morgan fingerprint density at radius 2 is 1.76 bits per heavy atom. The SMILES string of the molecule is CCc1nn(-c2ccc(C(C)=O)cc2)c(CC)c1C(=O)O. The molecule has 0 fully saturated rings. The lowest BCUT2D eigenvalue weighted by Gasteiger charge is -2.07. The summed E-state index contributed by atoms with van der Waals surface area (Å²) in [5.74, 6) is -0.950. The number of nitrogens with zero attached hydrogens (tertiary/aromatic N) is 2. The Labute approximate surface area is 123 Å². The van der Waals surface area contributed by atoms with Crippen LogP contribution in [-0.2, 0) is 12.8 Å². The van der Waals surface area contributed by atoms with Crippen LogP contribution >= 0.6 is 0 Å². The van der Waals surface area contributed by atoms with Gasteiger partial charge in [-0.1, -0.05) is 13.8 Å². The van der Waals surface area contributed by atoms with Crippen LogP contribution in [-0.4, -0.2) is 26.6 Å². The third-order valence-electron chi connectivity index (χ3n) is 3.46. The number of carbonyl (C=O) groups excluding carboxylic acids is 1. The van der Waals surface area contributed by atoms with Crippen LogP contribution < -0.4 is 0 Å². The molecule has 1 aromatic carbocycles. The first-order valence-electron chi connectivity index (χ1n) is 6.95. The lowest BCUT2D eigenvalue weighted by molar-refractivity contribution is 0.0694. The highest BCUT2D eigenvalue weighted by molar-refractivity contribution is 5.94. The minimum Gasteiger partial charge on any atom is -0.478 e. The number of carbonyl (C=O) groups is 2. The molecule has 0 atom stereocenters. The quantitative estimate of drug-likeness (QED) is 0.858. The molecule has 0 bridgehead atoms. The van der Waals surface area contributed by atoms with Gasteiger partial charge in [0.25, 0.3) is 0 Å². The Kier molecular flexibility index (Phi) is 4.21. The second kappa shape index (κ2) is 5.91. The maximum absolute atomic E-state index is 11.5. The molecule has 0 aliphatic rings. The number of ketones is 1. The molecule has 0 saturated carbocycles. The zero-order valence-corrected chi connectivity index (χ0v) is 12.4. The standard InChI is InChI=1S/C16H18N2O3/c1-4-13-15(16(20)21)14(5-2)18(17-13)12-8-6-11(7-9-12)10(3)19/h6-9H,4-5H2,1-3H3,(H,20,21). The highest BCUT2D eigenvalue weighted by Crippen LogP contribution is 2.21. The molecule has 1 heterocycles. The number of aryl methyl sites for hydroxylation is 1. The molecule has 0 aliphatic heterocycles. The molecule has 21 heavy (non-hydrogen) atoms. The Morgan fingerprint density at radius 3 is 2.19 bits per heavy atom. The Morgan fingerprint density at radius 1 is 1.14 bits per heavy atom. The molecule has 1 aromatic heterocycles. The van der Waals surface area contributed by atoms with Crippen LogP contribution in [0.3, 0.4) is 0 Å². The number of carboxylic acids is 1. The van der Waals surface area contributed by atoms with Crippen molar-refractivity contribution in [3.63, 3.8) is 0 Å². The second-order valence-corrected chi connectivity index (χ2v) is 4.80. The van der Waals surface area contributed by atoms with E-state index in [2.05, 4.69) is 5.10 Å². The molecule has 0 amide bonds. The van der Waals surface area contributed by atoms with Crippen LogP contribution in [0.5, 0.6) is 0 Å². The van der Waals surface area contributed by atoms with Crippen LogP contribution in [0.25, 0.3) is 5.69 Å². The number of carboxylic acid groups (broad SMARTS) is 1. The van der Waals surface area contributed by atoms with Crippen molar-refractivity contribution >= 4 is 11.8 Å². The molecule has 0 unspecified atom stereocenters. The van der Waals surface area contributed by atoms with Gasteiger partial charge in [0.15, 0.2) is 5.78 Å². The largest absolute Gasteiger partial charge is 0.478 e. The van der Waals surface area contributed by atoms with Gasteiger partial charge >= 0.3 is 5.97 Å². The van der Waals surface area contributed by atoms with Crippen molar-refractivity contribution in [1.82, 2.24) is 9.78 Å². The predicted octanol–water partition coefficient (Wildman–Crippen LogP) is 2.90. The normalized spacial score (nSPS) is 10.6. The molecule has 5 heteroatoms. The van der Waals surface area contributed by atoms with Crippen LogP contribution in [0.1, 0.15) is 52.9 Å². The van der Waals surface area contributed by atoms with Gasteiger partial charge in [-0.25, -0.2) is 9.48 Å². The van der Waals surface area contributed by atoms with Crippen LogP contribution in [0.15, 0.2) is 24.3 Å². The summed E-state index contributed by atoms with van der Waals surface area (Å²) in [7, 11) is 0. The van der Waals surface area contributed by atoms with Gasteiger partial charge in [-0.3, -0.25) is 4.79 Å². The number of hydrogen-bond donors (Lipinski definition) is 1. The van der Waals surface area contributed by atoms with Crippen LogP contribution in [0.4, 0.5) is 0 Å². The van der Waals surface area contributed by atoms with Gasteiger partial charge < -0.3 is 5.11 Å². The molecular weight excluding hydrogens is 268 g/mol. The maximum atomic E-state index is 11.5. The molecule has 0 aliphatic carbocycles. The first kappa shape index (κ1) is 15.0. The maximum Gasteiger partial charge on any atom is 0.339 e. The molecule has 0 radical (unpaired) electrons. The van der Waals surface area contributed by atoms with E-state index >= 15 is 0 Å². The summed E-state index contributed by atoms with van der Waals surface area (Å²) < 4.78 is 1.66. The summed E-state index contributed by atoms with van der Waals surface area (Å²) >= 11 is 0. The summed E-state index contributed by atoms with van der Waals surface area (Å²) in [4.78, 5) is 22.8. The van der Waals surface area contributed by atoms with Crippen molar-refractivity contribution in [1.29, 1.82) is 0 Å². The lowest BCUT2D eigenvalue weighted by atomic mass is 10.1. The summed E-state index contributed by atoms with van der Waals surface area (Å²) in [6, 6.07) is 7.03. The average molecular weight is 286 g/mol. The number of aromatic carboxylic acids is 1. The molecular formula is C16H18N2O3. The minimum atomic E-state index is -0.949. The zero-order valence-electron chi connectivity index (χ0n) is 12.4. The first-order chi connectivity index (χ1) is 9.99. The van der Waals surface area contributed by atoms with Crippen molar-refractivity contribution in [3.05, 3.63) is 46.8 Å². The van der Waals surface area contributed by atoms with E-state index in [4.69, 9.17) is 0 Å². The number of Topliss-reactive ketones (excluding diaryl/α,β-unsaturated/α-hetero) is 1. The topological polar surface area (TPSA) is 72.2 Å². The van der Waals surface area contributed by atoms with Gasteiger partial charge in [-0.15, -0.1) is 0 Å². The predicted molar refractivity (Wildman–Crippen MR) is 79.3 cm³/mol. The van der Waals surface area contributed by atoms with E-state index in [0.29, 0.717) is 29.8 Å². The summed E-state index contributed by atoms with van der Waals surface area (Å²) in [6.07, 6.45) is 1.14. The second-order valence-electron chi connectivity index (χ2n) is 4.80. The van der Waals surface area contributed by atoms with Crippen molar-refractivity contribution in [2.24, 2.45) is 0 Å². The Hall–Kier alpha value is -2.43.